The maximum atomic E-state index is 12.5. The quantitative estimate of drug-likeness (QED) is 0.516. The molecule has 1 aromatic rings. The second kappa shape index (κ2) is 11.3. The molecule has 0 heterocycles. The van der Waals surface area contributed by atoms with E-state index in [4.69, 9.17) is 16.3 Å². The van der Waals surface area contributed by atoms with Gasteiger partial charge in [0.05, 0.1) is 0 Å². The van der Waals surface area contributed by atoms with Gasteiger partial charge in [0.1, 0.15) is 5.75 Å². The van der Waals surface area contributed by atoms with Crippen molar-refractivity contribution in [2.45, 2.75) is 59.3 Å². The summed E-state index contributed by atoms with van der Waals surface area (Å²) in [5.41, 5.74) is 0.953. The number of nitrogens with zero attached hydrogens (tertiary/aromatic N) is 1. The van der Waals surface area contributed by atoms with Crippen LogP contribution in [0.25, 0.3) is 0 Å². The minimum Gasteiger partial charge on any atom is -0.483 e. The highest BCUT2D eigenvalue weighted by Crippen LogP contribution is 2.21. The Balaban J connectivity index is 2.53. The predicted molar refractivity (Wildman–Crippen MR) is 97.3 cm³/mol. The number of hydrogen-bond acceptors (Lipinski definition) is 2. The summed E-state index contributed by atoms with van der Waals surface area (Å²) in [6.45, 7) is 8.05. The highest BCUT2D eigenvalue weighted by molar-refractivity contribution is 6.30. The zero-order valence-electron chi connectivity index (χ0n) is 14.7. The summed E-state index contributed by atoms with van der Waals surface area (Å²) in [6.07, 6.45) is 6.78. The molecule has 0 saturated carbocycles. The van der Waals surface area contributed by atoms with Gasteiger partial charge in [-0.2, -0.15) is 0 Å². The third-order valence-electron chi connectivity index (χ3n) is 3.90. The molecule has 0 fully saturated rings. The molecule has 0 N–H and O–H groups in total. The van der Waals surface area contributed by atoms with Crippen molar-refractivity contribution < 1.29 is 9.53 Å². The Morgan fingerprint density at radius 2 is 1.70 bits per heavy atom. The fourth-order valence-corrected chi connectivity index (χ4v) is 2.70. The van der Waals surface area contributed by atoms with Gasteiger partial charge < -0.3 is 9.64 Å². The Morgan fingerprint density at radius 1 is 1.09 bits per heavy atom. The SMILES string of the molecule is CCCCCN(CCCCC)C(=O)COc1ccc(Cl)cc1C. The highest BCUT2D eigenvalue weighted by atomic mass is 35.5. The fourth-order valence-electron chi connectivity index (χ4n) is 2.47. The number of hydrogen-bond donors (Lipinski definition) is 0. The first kappa shape index (κ1) is 19.8. The Morgan fingerprint density at radius 3 is 2.22 bits per heavy atom. The predicted octanol–water partition coefficient (Wildman–Crippen LogP) is 5.24. The molecule has 1 aromatic carbocycles. The zero-order chi connectivity index (χ0) is 17.1. The Hall–Kier alpha value is -1.22. The van der Waals surface area contributed by atoms with Crippen LogP contribution in [0, 0.1) is 6.92 Å². The van der Waals surface area contributed by atoms with Crippen LogP contribution in [0.1, 0.15) is 57.9 Å². The van der Waals surface area contributed by atoms with E-state index in [-0.39, 0.29) is 12.5 Å². The summed E-state index contributed by atoms with van der Waals surface area (Å²) in [7, 11) is 0. The van der Waals surface area contributed by atoms with Crippen molar-refractivity contribution >= 4 is 17.5 Å². The molecule has 0 atom stereocenters. The maximum absolute atomic E-state index is 12.5. The topological polar surface area (TPSA) is 29.5 Å². The molecule has 0 bridgehead atoms. The Labute approximate surface area is 146 Å². The molecule has 4 heteroatoms. The van der Waals surface area contributed by atoms with Crippen molar-refractivity contribution in [3.8, 4) is 5.75 Å². The van der Waals surface area contributed by atoms with E-state index in [1.165, 1.54) is 0 Å². The second-order valence-corrected chi connectivity index (χ2v) is 6.43. The van der Waals surface area contributed by atoms with E-state index in [2.05, 4.69) is 13.8 Å². The average Bonchev–Trinajstić information content (AvgIpc) is 2.52. The molecule has 0 saturated heterocycles. The van der Waals surface area contributed by atoms with E-state index in [9.17, 15) is 4.79 Å². The molecule has 0 radical (unpaired) electrons. The standard InChI is InChI=1S/C19H30ClNO2/c1-4-6-8-12-21(13-9-7-5-2)19(22)15-23-18-11-10-17(20)14-16(18)3/h10-11,14H,4-9,12-13,15H2,1-3H3. The van der Waals surface area contributed by atoms with Gasteiger partial charge >= 0.3 is 0 Å². The third kappa shape index (κ3) is 7.74. The van der Waals surface area contributed by atoms with Gasteiger partial charge in [0, 0.05) is 18.1 Å². The number of unbranched alkanes of at least 4 members (excludes halogenated alkanes) is 4. The van der Waals surface area contributed by atoms with Crippen LogP contribution in [0.3, 0.4) is 0 Å². The van der Waals surface area contributed by atoms with Crippen LogP contribution in [0.2, 0.25) is 5.02 Å². The van der Waals surface area contributed by atoms with Crippen LogP contribution in [-0.2, 0) is 4.79 Å². The summed E-state index contributed by atoms with van der Waals surface area (Å²) < 4.78 is 5.70. The molecule has 0 aromatic heterocycles. The van der Waals surface area contributed by atoms with Gasteiger partial charge in [-0.3, -0.25) is 4.79 Å². The van der Waals surface area contributed by atoms with Gasteiger partial charge in [0.2, 0.25) is 0 Å². The average molecular weight is 340 g/mol. The first-order valence-corrected chi connectivity index (χ1v) is 9.13. The number of halogens is 1. The molecule has 23 heavy (non-hydrogen) atoms. The molecule has 0 aliphatic heterocycles. The van der Waals surface area contributed by atoms with Gasteiger partial charge in [-0.25, -0.2) is 0 Å². The first-order chi connectivity index (χ1) is 11.1. The van der Waals surface area contributed by atoms with Crippen LogP contribution in [0.15, 0.2) is 18.2 Å². The van der Waals surface area contributed by atoms with Crippen molar-refractivity contribution in [2.75, 3.05) is 19.7 Å². The monoisotopic (exact) mass is 339 g/mol. The summed E-state index contributed by atoms with van der Waals surface area (Å²) in [5, 5.41) is 0.682. The molecule has 0 aliphatic carbocycles. The zero-order valence-corrected chi connectivity index (χ0v) is 15.5. The lowest BCUT2D eigenvalue weighted by atomic mass is 10.2. The largest absolute Gasteiger partial charge is 0.483 e. The second-order valence-electron chi connectivity index (χ2n) is 5.99. The van der Waals surface area contributed by atoms with Crippen LogP contribution < -0.4 is 4.74 Å². The van der Waals surface area contributed by atoms with Gasteiger partial charge in [-0.05, 0) is 43.5 Å². The number of carbonyl (C=O) groups is 1. The normalized spacial score (nSPS) is 10.6. The minimum atomic E-state index is 0.0755. The fraction of sp³-hybridized carbons (Fsp3) is 0.632. The molecular formula is C19H30ClNO2. The summed E-state index contributed by atoms with van der Waals surface area (Å²) in [4.78, 5) is 14.4. The Kier molecular flexibility index (Phi) is 9.77. The minimum absolute atomic E-state index is 0.0755. The summed E-state index contributed by atoms with van der Waals surface area (Å²) in [6, 6.07) is 5.46. The number of amides is 1. The smallest absolute Gasteiger partial charge is 0.260 e. The van der Waals surface area contributed by atoms with Crippen LogP contribution in [0.5, 0.6) is 5.75 Å². The highest BCUT2D eigenvalue weighted by Gasteiger charge is 2.14. The molecule has 0 spiro atoms. The van der Waals surface area contributed by atoms with E-state index in [1.807, 2.05) is 24.0 Å². The van der Waals surface area contributed by atoms with E-state index in [0.29, 0.717) is 5.02 Å². The molecule has 0 aliphatic rings. The molecule has 1 amide bonds. The van der Waals surface area contributed by atoms with Crippen LogP contribution in [0.4, 0.5) is 0 Å². The van der Waals surface area contributed by atoms with E-state index in [1.54, 1.807) is 6.07 Å². The van der Waals surface area contributed by atoms with Gasteiger partial charge in [-0.1, -0.05) is 51.1 Å². The number of rotatable bonds is 11. The van der Waals surface area contributed by atoms with Crippen molar-refractivity contribution in [2.24, 2.45) is 0 Å². The molecule has 0 unspecified atom stereocenters. The van der Waals surface area contributed by atoms with Gasteiger partial charge in [0.25, 0.3) is 5.91 Å². The van der Waals surface area contributed by atoms with Crippen LogP contribution in [-0.4, -0.2) is 30.5 Å². The van der Waals surface area contributed by atoms with Crippen molar-refractivity contribution in [1.29, 1.82) is 0 Å². The maximum Gasteiger partial charge on any atom is 0.260 e. The molecular weight excluding hydrogens is 310 g/mol. The summed E-state index contributed by atoms with van der Waals surface area (Å²) >= 11 is 5.94. The lowest BCUT2D eigenvalue weighted by molar-refractivity contribution is -0.133. The molecule has 1 rings (SSSR count). The first-order valence-electron chi connectivity index (χ1n) is 8.75. The lowest BCUT2D eigenvalue weighted by Gasteiger charge is -2.23. The summed E-state index contributed by atoms with van der Waals surface area (Å²) in [5.74, 6) is 0.802. The van der Waals surface area contributed by atoms with E-state index < -0.39 is 0 Å². The molecule has 130 valence electrons. The van der Waals surface area contributed by atoms with Gasteiger partial charge in [0.15, 0.2) is 6.61 Å². The van der Waals surface area contributed by atoms with Crippen molar-refractivity contribution in [3.63, 3.8) is 0 Å². The van der Waals surface area contributed by atoms with Crippen LogP contribution >= 0.6 is 11.6 Å². The van der Waals surface area contributed by atoms with Crippen molar-refractivity contribution in [3.05, 3.63) is 28.8 Å². The number of carbonyl (C=O) groups excluding carboxylic acids is 1. The van der Waals surface area contributed by atoms with Crippen molar-refractivity contribution in [1.82, 2.24) is 4.90 Å². The van der Waals surface area contributed by atoms with E-state index in [0.717, 1.165) is 62.9 Å². The number of ether oxygens (including phenoxy) is 1. The lowest BCUT2D eigenvalue weighted by Crippen LogP contribution is -2.36. The molecule has 3 nitrogen and oxygen atoms in total. The van der Waals surface area contributed by atoms with E-state index >= 15 is 0 Å². The Bertz CT molecular complexity index is 466. The number of benzene rings is 1. The number of aryl methyl sites for hydroxylation is 1. The third-order valence-corrected chi connectivity index (χ3v) is 4.14. The van der Waals surface area contributed by atoms with Gasteiger partial charge in [-0.15, -0.1) is 0 Å².